The number of benzene rings is 3. The molecule has 1 atom stereocenters. The zero-order chi connectivity index (χ0) is 30.3. The molecule has 1 saturated carbocycles. The number of carbonyl (C=O) groups is 2. The molecule has 3 aromatic rings. The van der Waals surface area contributed by atoms with E-state index >= 15 is 0 Å². The summed E-state index contributed by atoms with van der Waals surface area (Å²) in [6.45, 7) is 0.985. The maximum Gasteiger partial charge on any atom is 0.244 e. The van der Waals surface area contributed by atoms with Gasteiger partial charge in [0.25, 0.3) is 0 Å². The molecular formula is C32H37ClFN3O4S. The van der Waals surface area contributed by atoms with Crippen LogP contribution in [0.5, 0.6) is 0 Å². The molecule has 42 heavy (non-hydrogen) atoms. The molecule has 1 aliphatic rings. The van der Waals surface area contributed by atoms with Gasteiger partial charge >= 0.3 is 0 Å². The van der Waals surface area contributed by atoms with Gasteiger partial charge < -0.3 is 10.2 Å². The van der Waals surface area contributed by atoms with Crippen LogP contribution < -0.4 is 9.62 Å². The Balaban J connectivity index is 1.74. The van der Waals surface area contributed by atoms with Crippen molar-refractivity contribution in [2.24, 2.45) is 0 Å². The lowest BCUT2D eigenvalue weighted by atomic mass is 9.94. The number of rotatable bonds is 11. The van der Waals surface area contributed by atoms with Gasteiger partial charge in [-0.1, -0.05) is 85.5 Å². The van der Waals surface area contributed by atoms with E-state index in [4.69, 9.17) is 11.6 Å². The van der Waals surface area contributed by atoms with E-state index in [2.05, 4.69) is 5.32 Å². The lowest BCUT2D eigenvalue weighted by Gasteiger charge is -2.35. The Bertz CT molecular complexity index is 1500. The molecule has 2 amide bonds. The summed E-state index contributed by atoms with van der Waals surface area (Å²) < 4.78 is 41.7. The molecule has 0 bridgehead atoms. The molecular weight excluding hydrogens is 577 g/mol. The summed E-state index contributed by atoms with van der Waals surface area (Å²) in [6, 6.07) is 19.1. The van der Waals surface area contributed by atoms with Crippen LogP contribution in [-0.4, -0.2) is 50.0 Å². The highest BCUT2D eigenvalue weighted by Crippen LogP contribution is 2.26. The normalized spacial score (nSPS) is 14.7. The summed E-state index contributed by atoms with van der Waals surface area (Å²) in [7, 11) is -3.93. The second-order valence-corrected chi connectivity index (χ2v) is 13.2. The van der Waals surface area contributed by atoms with Crippen molar-refractivity contribution >= 4 is 39.1 Å². The van der Waals surface area contributed by atoms with E-state index in [0.29, 0.717) is 5.02 Å². The number of nitrogens with zero attached hydrogens (tertiary/aromatic N) is 2. The Labute approximate surface area is 252 Å². The quantitative estimate of drug-likeness (QED) is 0.303. The summed E-state index contributed by atoms with van der Waals surface area (Å²) in [5, 5.41) is 3.48. The van der Waals surface area contributed by atoms with Gasteiger partial charge in [0.1, 0.15) is 18.4 Å². The van der Waals surface area contributed by atoms with Gasteiger partial charge in [-0.15, -0.1) is 0 Å². The van der Waals surface area contributed by atoms with E-state index in [0.717, 1.165) is 53.8 Å². The lowest BCUT2D eigenvalue weighted by Crippen LogP contribution is -2.55. The number of sulfonamides is 1. The summed E-state index contributed by atoms with van der Waals surface area (Å²) >= 11 is 6.30. The monoisotopic (exact) mass is 613 g/mol. The van der Waals surface area contributed by atoms with E-state index in [1.54, 1.807) is 37.3 Å². The first kappa shape index (κ1) is 31.5. The van der Waals surface area contributed by atoms with Crippen LogP contribution in [0.3, 0.4) is 0 Å². The highest BCUT2D eigenvalue weighted by Gasteiger charge is 2.34. The number of hydrogen-bond donors (Lipinski definition) is 1. The van der Waals surface area contributed by atoms with Gasteiger partial charge in [0.15, 0.2) is 0 Å². The summed E-state index contributed by atoms with van der Waals surface area (Å²) in [5.74, 6) is -1.51. The van der Waals surface area contributed by atoms with Crippen LogP contribution >= 0.6 is 11.6 Å². The minimum Gasteiger partial charge on any atom is -0.352 e. The zero-order valence-electron chi connectivity index (χ0n) is 23.9. The van der Waals surface area contributed by atoms with Crippen LogP contribution in [0.25, 0.3) is 0 Å². The smallest absolute Gasteiger partial charge is 0.244 e. The average Bonchev–Trinajstić information content (AvgIpc) is 2.96. The van der Waals surface area contributed by atoms with Crippen molar-refractivity contribution in [1.29, 1.82) is 0 Å². The van der Waals surface area contributed by atoms with Crippen LogP contribution in [0, 0.1) is 12.7 Å². The van der Waals surface area contributed by atoms with E-state index in [9.17, 15) is 22.4 Å². The summed E-state index contributed by atoms with van der Waals surface area (Å²) in [5.41, 5.74) is 2.01. The van der Waals surface area contributed by atoms with Crippen LogP contribution in [0.15, 0.2) is 72.8 Å². The van der Waals surface area contributed by atoms with Gasteiger partial charge in [-0.25, -0.2) is 12.8 Å². The highest BCUT2D eigenvalue weighted by molar-refractivity contribution is 7.92. The molecule has 1 aliphatic carbocycles. The Morgan fingerprint density at radius 3 is 2.31 bits per heavy atom. The molecule has 0 heterocycles. The summed E-state index contributed by atoms with van der Waals surface area (Å²) in [4.78, 5) is 29.4. The minimum atomic E-state index is -3.93. The van der Waals surface area contributed by atoms with Crippen molar-refractivity contribution in [1.82, 2.24) is 10.2 Å². The van der Waals surface area contributed by atoms with E-state index in [1.165, 1.54) is 17.0 Å². The van der Waals surface area contributed by atoms with Gasteiger partial charge in [-0.3, -0.25) is 13.9 Å². The molecule has 7 nitrogen and oxygen atoms in total. The number of nitrogens with one attached hydrogen (secondary N) is 1. The second-order valence-electron chi connectivity index (χ2n) is 10.9. The SMILES string of the molecule is Cc1ccc(N(CC(=O)N(Cc2ccccc2F)[C@@H](Cc2ccccc2)C(=O)NC2CCCCC2)S(C)(=O)=O)cc1Cl. The predicted octanol–water partition coefficient (Wildman–Crippen LogP) is 5.64. The van der Waals surface area contributed by atoms with Crippen LogP contribution in [-0.2, 0) is 32.6 Å². The Kier molecular flexibility index (Phi) is 10.6. The largest absolute Gasteiger partial charge is 0.352 e. The van der Waals surface area contributed by atoms with E-state index < -0.39 is 34.3 Å². The Hall–Kier alpha value is -3.43. The first-order valence-corrected chi connectivity index (χ1v) is 16.4. The van der Waals surface area contributed by atoms with E-state index in [-0.39, 0.29) is 36.2 Å². The molecule has 0 radical (unpaired) electrons. The van der Waals surface area contributed by atoms with E-state index in [1.807, 2.05) is 30.3 Å². The number of amides is 2. The third-order valence-electron chi connectivity index (χ3n) is 7.64. The molecule has 0 unspecified atom stereocenters. The Morgan fingerprint density at radius 1 is 1.00 bits per heavy atom. The fourth-order valence-corrected chi connectivity index (χ4v) is 6.28. The third-order valence-corrected chi connectivity index (χ3v) is 9.19. The van der Waals surface area contributed by atoms with Crippen molar-refractivity contribution in [3.63, 3.8) is 0 Å². The molecule has 1 N–H and O–H groups in total. The maximum absolute atomic E-state index is 14.9. The van der Waals surface area contributed by atoms with Crippen molar-refractivity contribution in [2.45, 2.75) is 64.1 Å². The van der Waals surface area contributed by atoms with Crippen LogP contribution in [0.1, 0.15) is 48.8 Å². The van der Waals surface area contributed by atoms with Crippen LogP contribution in [0.2, 0.25) is 5.02 Å². The standard InChI is InChI=1S/C32H37ClFN3O4S/c1-23-17-18-27(20-28(23)33)37(42(2,40)41)22-31(38)36(21-25-13-9-10-16-29(25)34)30(19-24-11-5-3-6-12-24)32(39)35-26-14-7-4-8-15-26/h3,5-6,9-13,16-18,20,26,30H,4,7-8,14-15,19,21-22H2,1-2H3,(H,35,39)/t30-/m0/s1. The molecule has 0 saturated heterocycles. The number of halogens is 2. The van der Waals surface area contributed by atoms with Gasteiger partial charge in [-0.2, -0.15) is 0 Å². The highest BCUT2D eigenvalue weighted by atomic mass is 35.5. The van der Waals surface area contributed by atoms with Gasteiger partial charge in [0.05, 0.1) is 11.9 Å². The van der Waals surface area contributed by atoms with Crippen molar-refractivity contribution in [3.05, 3.63) is 100 Å². The molecule has 224 valence electrons. The minimum absolute atomic E-state index is 0.0165. The molecule has 10 heteroatoms. The van der Waals surface area contributed by atoms with Crippen molar-refractivity contribution < 1.29 is 22.4 Å². The first-order valence-electron chi connectivity index (χ1n) is 14.1. The van der Waals surface area contributed by atoms with Gasteiger partial charge in [-0.05, 0) is 49.1 Å². The average molecular weight is 614 g/mol. The van der Waals surface area contributed by atoms with Gasteiger partial charge in [0, 0.05) is 29.6 Å². The topological polar surface area (TPSA) is 86.8 Å². The number of carbonyl (C=O) groups excluding carboxylic acids is 2. The third kappa shape index (κ3) is 8.32. The molecule has 0 aliphatic heterocycles. The van der Waals surface area contributed by atoms with Crippen LogP contribution in [0.4, 0.5) is 10.1 Å². The molecule has 4 rings (SSSR count). The fourth-order valence-electron chi connectivity index (χ4n) is 5.26. The van der Waals surface area contributed by atoms with Crippen molar-refractivity contribution in [2.75, 3.05) is 17.1 Å². The zero-order valence-corrected chi connectivity index (χ0v) is 25.5. The second kappa shape index (κ2) is 14.2. The lowest BCUT2D eigenvalue weighted by molar-refractivity contribution is -0.140. The molecule has 1 fully saturated rings. The maximum atomic E-state index is 14.9. The Morgan fingerprint density at radius 2 is 1.67 bits per heavy atom. The number of hydrogen-bond acceptors (Lipinski definition) is 4. The fraction of sp³-hybridized carbons (Fsp3) is 0.375. The van der Waals surface area contributed by atoms with Gasteiger partial charge in [0.2, 0.25) is 21.8 Å². The number of anilines is 1. The molecule has 0 aromatic heterocycles. The summed E-state index contributed by atoms with van der Waals surface area (Å²) in [6.07, 6.45) is 6.01. The molecule has 3 aromatic carbocycles. The first-order chi connectivity index (χ1) is 20.0. The predicted molar refractivity (Wildman–Crippen MR) is 164 cm³/mol. The van der Waals surface area contributed by atoms with Crippen molar-refractivity contribution in [3.8, 4) is 0 Å². The molecule has 0 spiro atoms. The number of aryl methyl sites for hydroxylation is 1.